The van der Waals surface area contributed by atoms with Crippen molar-refractivity contribution in [2.45, 2.75) is 38.6 Å². The van der Waals surface area contributed by atoms with Gasteiger partial charge in [0.15, 0.2) is 5.78 Å². The van der Waals surface area contributed by atoms with Gasteiger partial charge in [0.25, 0.3) is 0 Å². The number of carbonyl (C=O) groups is 1. The van der Waals surface area contributed by atoms with Crippen molar-refractivity contribution in [2.24, 2.45) is 16.3 Å². The molecule has 3 heteroatoms. The van der Waals surface area contributed by atoms with Gasteiger partial charge in [0.05, 0.1) is 0 Å². The van der Waals surface area contributed by atoms with Gasteiger partial charge in [0.2, 0.25) is 6.08 Å². The Kier molecular flexibility index (Phi) is 1.53. The molecule has 0 aliphatic heterocycles. The molecule has 3 nitrogen and oxygen atoms in total. The summed E-state index contributed by atoms with van der Waals surface area (Å²) in [7, 11) is 0. The molecule has 2 bridgehead atoms. The molecule has 2 saturated carbocycles. The number of hydrogen-bond donors (Lipinski definition) is 0. The highest BCUT2D eigenvalue weighted by atomic mass is 16.1. The van der Waals surface area contributed by atoms with Crippen LogP contribution in [0.25, 0.3) is 0 Å². The molecule has 0 spiro atoms. The molecule has 2 atom stereocenters. The van der Waals surface area contributed by atoms with E-state index in [0.717, 1.165) is 12.8 Å². The zero-order valence-electron chi connectivity index (χ0n) is 7.96. The molecule has 2 aliphatic rings. The van der Waals surface area contributed by atoms with Crippen molar-refractivity contribution in [2.75, 3.05) is 0 Å². The lowest BCUT2D eigenvalue weighted by molar-refractivity contribution is -0.123. The van der Waals surface area contributed by atoms with Gasteiger partial charge in [-0.15, -0.1) is 0 Å². The molecule has 0 aromatic heterocycles. The van der Waals surface area contributed by atoms with Gasteiger partial charge < -0.3 is 0 Å². The predicted octanol–water partition coefficient (Wildman–Crippen LogP) is 1.47. The summed E-state index contributed by atoms with van der Waals surface area (Å²) in [5.41, 5.74) is -0.860. The molecule has 2 rings (SSSR count). The lowest BCUT2D eigenvalue weighted by atomic mass is 9.76. The maximum absolute atomic E-state index is 11.7. The molecule has 0 aromatic rings. The minimum Gasteiger partial charge on any atom is -0.297 e. The first-order valence-corrected chi connectivity index (χ1v) is 4.67. The van der Waals surface area contributed by atoms with E-state index in [4.69, 9.17) is 0 Å². The number of Topliss-reactive ketones (excluding diaryl/α,β-unsaturated/α-hetero) is 1. The molecule has 13 heavy (non-hydrogen) atoms. The Hall–Kier alpha value is -0.950. The number of fused-ring (bicyclic) bond motifs is 2. The predicted molar refractivity (Wildman–Crippen MR) is 47.0 cm³/mol. The van der Waals surface area contributed by atoms with Crippen molar-refractivity contribution in [3.05, 3.63) is 0 Å². The van der Waals surface area contributed by atoms with E-state index < -0.39 is 5.54 Å². The highest BCUT2D eigenvalue weighted by Gasteiger charge is 2.64. The quantitative estimate of drug-likeness (QED) is 0.452. The summed E-state index contributed by atoms with van der Waals surface area (Å²) in [5.74, 6) is 0.550. The minimum absolute atomic E-state index is 0.136. The Morgan fingerprint density at radius 1 is 1.54 bits per heavy atom. The molecule has 2 aliphatic carbocycles. The van der Waals surface area contributed by atoms with Crippen LogP contribution in [-0.2, 0) is 9.59 Å². The number of isocyanates is 1. The monoisotopic (exact) mass is 179 g/mol. The van der Waals surface area contributed by atoms with E-state index in [1.807, 2.05) is 13.8 Å². The van der Waals surface area contributed by atoms with E-state index >= 15 is 0 Å². The van der Waals surface area contributed by atoms with Crippen LogP contribution in [0.15, 0.2) is 4.99 Å². The minimum atomic E-state index is -0.723. The zero-order valence-corrected chi connectivity index (χ0v) is 7.96. The van der Waals surface area contributed by atoms with Crippen molar-refractivity contribution in [1.82, 2.24) is 0 Å². The van der Waals surface area contributed by atoms with Crippen LogP contribution >= 0.6 is 0 Å². The second-order valence-corrected chi connectivity index (χ2v) is 4.65. The second-order valence-electron chi connectivity index (χ2n) is 4.65. The molecule has 0 N–H and O–H groups in total. The molecule has 70 valence electrons. The van der Waals surface area contributed by atoms with Crippen molar-refractivity contribution >= 4 is 11.9 Å². The summed E-state index contributed by atoms with van der Waals surface area (Å²) in [6.07, 6.45) is 3.92. The van der Waals surface area contributed by atoms with E-state index in [9.17, 15) is 9.59 Å². The molecule has 0 amide bonds. The van der Waals surface area contributed by atoms with Crippen LogP contribution in [-0.4, -0.2) is 17.4 Å². The SMILES string of the molecule is CC1(C)C2CC[C@@]1(N=C=O)C(=O)C2. The first kappa shape index (κ1) is 8.64. The Labute approximate surface area is 77.2 Å². The summed E-state index contributed by atoms with van der Waals surface area (Å²) in [6, 6.07) is 0. The van der Waals surface area contributed by atoms with Crippen LogP contribution in [0, 0.1) is 11.3 Å². The number of ketones is 1. The molecular weight excluding hydrogens is 166 g/mol. The third kappa shape index (κ3) is 0.781. The zero-order chi connectivity index (χ0) is 9.69. The average molecular weight is 179 g/mol. The lowest BCUT2D eigenvalue weighted by Gasteiger charge is -2.30. The summed E-state index contributed by atoms with van der Waals surface area (Å²) < 4.78 is 0. The van der Waals surface area contributed by atoms with Crippen LogP contribution in [0.5, 0.6) is 0 Å². The van der Waals surface area contributed by atoms with Gasteiger partial charge >= 0.3 is 0 Å². The normalized spacial score (nSPS) is 40.5. The largest absolute Gasteiger partial charge is 0.297 e. The van der Waals surface area contributed by atoms with Crippen molar-refractivity contribution in [3.8, 4) is 0 Å². The Balaban J connectivity index is 2.54. The van der Waals surface area contributed by atoms with Gasteiger partial charge in [-0.05, 0) is 18.8 Å². The van der Waals surface area contributed by atoms with Gasteiger partial charge in [0.1, 0.15) is 5.54 Å². The average Bonchev–Trinajstić information content (AvgIpc) is 2.38. The van der Waals surface area contributed by atoms with E-state index in [1.165, 1.54) is 0 Å². The van der Waals surface area contributed by atoms with Crippen molar-refractivity contribution in [3.63, 3.8) is 0 Å². The Morgan fingerprint density at radius 3 is 2.62 bits per heavy atom. The number of nitrogens with zero attached hydrogens (tertiary/aromatic N) is 1. The summed E-state index contributed by atoms with van der Waals surface area (Å²) in [5, 5.41) is 0. The second kappa shape index (κ2) is 2.30. The van der Waals surface area contributed by atoms with Crippen LogP contribution in [0.4, 0.5) is 0 Å². The fraction of sp³-hybridized carbons (Fsp3) is 0.800. The van der Waals surface area contributed by atoms with E-state index in [1.54, 1.807) is 6.08 Å². The molecule has 0 radical (unpaired) electrons. The number of hydrogen-bond acceptors (Lipinski definition) is 3. The fourth-order valence-electron chi connectivity index (χ4n) is 2.99. The van der Waals surface area contributed by atoms with Crippen LogP contribution in [0.3, 0.4) is 0 Å². The summed E-state index contributed by atoms with van der Waals surface area (Å²) in [4.78, 5) is 25.8. The number of aliphatic imine (C=N–C) groups is 1. The summed E-state index contributed by atoms with van der Waals surface area (Å²) >= 11 is 0. The molecule has 1 unspecified atom stereocenters. The highest BCUT2D eigenvalue weighted by molar-refractivity contribution is 5.94. The van der Waals surface area contributed by atoms with E-state index in [0.29, 0.717) is 12.3 Å². The van der Waals surface area contributed by atoms with E-state index in [-0.39, 0.29) is 11.2 Å². The van der Waals surface area contributed by atoms with Gasteiger partial charge in [-0.25, -0.2) is 4.79 Å². The maximum atomic E-state index is 11.7. The van der Waals surface area contributed by atoms with Crippen LogP contribution in [0.1, 0.15) is 33.1 Å². The first-order valence-electron chi connectivity index (χ1n) is 4.67. The molecule has 0 heterocycles. The first-order chi connectivity index (χ1) is 6.04. The number of rotatable bonds is 1. The van der Waals surface area contributed by atoms with Crippen LogP contribution in [0.2, 0.25) is 0 Å². The van der Waals surface area contributed by atoms with Gasteiger partial charge in [0, 0.05) is 11.8 Å². The Morgan fingerprint density at radius 2 is 2.23 bits per heavy atom. The maximum Gasteiger partial charge on any atom is 0.235 e. The smallest absolute Gasteiger partial charge is 0.235 e. The molecule has 2 fully saturated rings. The van der Waals surface area contributed by atoms with E-state index in [2.05, 4.69) is 4.99 Å². The third-order valence-corrected chi connectivity index (χ3v) is 4.07. The lowest BCUT2D eigenvalue weighted by Crippen LogP contribution is -2.41. The number of carbonyl (C=O) groups excluding carboxylic acids is 2. The standard InChI is InChI=1S/C10H13NO2/c1-9(2)7-3-4-10(9,11-6-12)8(13)5-7/h7H,3-5H2,1-2H3/t7?,10-/m1/s1. The topological polar surface area (TPSA) is 46.5 Å². The third-order valence-electron chi connectivity index (χ3n) is 4.07. The Bertz CT molecular complexity index is 315. The van der Waals surface area contributed by atoms with Crippen molar-refractivity contribution in [1.29, 1.82) is 0 Å². The summed E-state index contributed by atoms with van der Waals surface area (Å²) in [6.45, 7) is 4.08. The van der Waals surface area contributed by atoms with Crippen molar-refractivity contribution < 1.29 is 9.59 Å². The van der Waals surface area contributed by atoms with Gasteiger partial charge in [-0.1, -0.05) is 13.8 Å². The molecule has 0 saturated heterocycles. The molecule has 0 aromatic carbocycles. The van der Waals surface area contributed by atoms with Gasteiger partial charge in [-0.3, -0.25) is 4.79 Å². The van der Waals surface area contributed by atoms with Gasteiger partial charge in [-0.2, -0.15) is 4.99 Å². The highest BCUT2D eigenvalue weighted by Crippen LogP contribution is 2.60. The fourth-order valence-corrected chi connectivity index (χ4v) is 2.99. The molecular formula is C10H13NO2. The van der Waals surface area contributed by atoms with Crippen LogP contribution < -0.4 is 0 Å².